The molecule has 0 bridgehead atoms. The van der Waals surface area contributed by atoms with Crippen molar-refractivity contribution in [3.8, 4) is 0 Å². The van der Waals surface area contributed by atoms with Crippen LogP contribution in [0.1, 0.15) is 49.7 Å². The maximum absolute atomic E-state index is 12.4. The summed E-state index contributed by atoms with van der Waals surface area (Å²) in [5, 5.41) is 12.0. The molecule has 3 heterocycles. The van der Waals surface area contributed by atoms with E-state index in [-0.39, 0.29) is 5.91 Å². The first kappa shape index (κ1) is 17.2. The molecule has 1 aromatic carbocycles. The van der Waals surface area contributed by atoms with Gasteiger partial charge in [0.05, 0.1) is 6.54 Å². The highest BCUT2D eigenvalue weighted by atomic mass is 16.2. The molecule has 1 unspecified atom stereocenters. The third kappa shape index (κ3) is 3.96. The number of carbonyl (C=O) groups excluding carboxylic acids is 1. The molecule has 1 amide bonds. The topological polar surface area (TPSA) is 63.1 Å². The summed E-state index contributed by atoms with van der Waals surface area (Å²) in [6.45, 7) is 3.34. The van der Waals surface area contributed by atoms with E-state index in [0.29, 0.717) is 12.5 Å². The van der Waals surface area contributed by atoms with Crippen LogP contribution in [0.25, 0.3) is 0 Å². The lowest BCUT2D eigenvalue weighted by molar-refractivity contribution is -0.117. The maximum atomic E-state index is 12.4. The summed E-state index contributed by atoms with van der Waals surface area (Å²) in [5.74, 6) is 2.72. The summed E-state index contributed by atoms with van der Waals surface area (Å²) in [6, 6.07) is 9.66. The number of hydrogen-bond acceptors (Lipinski definition) is 4. The largest absolute Gasteiger partial charge is 0.325 e. The molecule has 26 heavy (non-hydrogen) atoms. The molecule has 0 radical (unpaired) electrons. The fourth-order valence-corrected chi connectivity index (χ4v) is 4.14. The number of aromatic nitrogens is 3. The molecule has 2 aliphatic heterocycles. The quantitative estimate of drug-likeness (QED) is 0.918. The number of rotatable bonds is 4. The van der Waals surface area contributed by atoms with E-state index in [4.69, 9.17) is 0 Å². The minimum Gasteiger partial charge on any atom is -0.325 e. The van der Waals surface area contributed by atoms with Gasteiger partial charge in [0.1, 0.15) is 11.6 Å². The van der Waals surface area contributed by atoms with Gasteiger partial charge in [-0.15, -0.1) is 10.2 Å². The van der Waals surface area contributed by atoms with Crippen LogP contribution in [0.15, 0.2) is 30.3 Å². The molecule has 2 aromatic rings. The van der Waals surface area contributed by atoms with E-state index in [1.165, 1.54) is 19.3 Å². The first-order valence-electron chi connectivity index (χ1n) is 9.79. The van der Waals surface area contributed by atoms with Crippen molar-refractivity contribution in [1.29, 1.82) is 0 Å². The molecule has 0 spiro atoms. The van der Waals surface area contributed by atoms with Crippen molar-refractivity contribution in [1.82, 2.24) is 19.7 Å². The first-order chi connectivity index (χ1) is 12.8. The molecule has 138 valence electrons. The number of aryl methyl sites for hydroxylation is 1. The van der Waals surface area contributed by atoms with Crippen molar-refractivity contribution < 1.29 is 4.79 Å². The van der Waals surface area contributed by atoms with Crippen molar-refractivity contribution >= 4 is 11.6 Å². The van der Waals surface area contributed by atoms with Crippen LogP contribution in [0.4, 0.5) is 5.69 Å². The smallest absolute Gasteiger partial charge is 0.238 e. The lowest BCUT2D eigenvalue weighted by Crippen LogP contribution is -2.40. The number of benzene rings is 1. The van der Waals surface area contributed by atoms with Gasteiger partial charge in [-0.25, -0.2) is 0 Å². The number of fused-ring (bicyclic) bond motifs is 1. The summed E-state index contributed by atoms with van der Waals surface area (Å²) in [5.41, 5.74) is 0.855. The van der Waals surface area contributed by atoms with Crippen molar-refractivity contribution in [3.05, 3.63) is 42.0 Å². The SMILES string of the molecule is O=C(CN1CCCC(c2nnc3n2CCCCC3)C1)Nc1ccccc1. The van der Waals surface area contributed by atoms with E-state index < -0.39 is 0 Å². The number of para-hydroxylation sites is 1. The van der Waals surface area contributed by atoms with Crippen LogP contribution in [0.3, 0.4) is 0 Å². The van der Waals surface area contributed by atoms with E-state index >= 15 is 0 Å². The number of amides is 1. The number of piperidine rings is 1. The molecule has 0 aliphatic carbocycles. The highest BCUT2D eigenvalue weighted by Gasteiger charge is 2.28. The number of nitrogens with zero attached hydrogens (tertiary/aromatic N) is 4. The second-order valence-corrected chi connectivity index (χ2v) is 7.43. The van der Waals surface area contributed by atoms with Crippen molar-refractivity contribution in [2.24, 2.45) is 0 Å². The van der Waals surface area contributed by atoms with Gasteiger partial charge in [0.2, 0.25) is 5.91 Å². The Balaban J connectivity index is 1.39. The predicted molar refractivity (Wildman–Crippen MR) is 101 cm³/mol. The Bertz CT molecular complexity index is 742. The molecule has 4 rings (SSSR count). The predicted octanol–water partition coefficient (Wildman–Crippen LogP) is 2.82. The van der Waals surface area contributed by atoms with Gasteiger partial charge in [0.15, 0.2) is 0 Å². The summed E-state index contributed by atoms with van der Waals surface area (Å²) in [7, 11) is 0. The summed E-state index contributed by atoms with van der Waals surface area (Å²) < 4.78 is 2.35. The molecule has 0 saturated carbocycles. The number of carbonyl (C=O) groups is 1. The lowest BCUT2D eigenvalue weighted by Gasteiger charge is -2.31. The van der Waals surface area contributed by atoms with E-state index in [2.05, 4.69) is 25.0 Å². The van der Waals surface area contributed by atoms with Crippen LogP contribution in [0.2, 0.25) is 0 Å². The molecule has 1 atom stereocenters. The Labute approximate surface area is 154 Å². The molecule has 6 heteroatoms. The van der Waals surface area contributed by atoms with E-state index in [9.17, 15) is 4.79 Å². The number of hydrogen-bond donors (Lipinski definition) is 1. The molecule has 2 aliphatic rings. The Morgan fingerprint density at radius 1 is 1.08 bits per heavy atom. The zero-order chi connectivity index (χ0) is 17.8. The molecule has 1 fully saturated rings. The van der Waals surface area contributed by atoms with Crippen molar-refractivity contribution in [2.75, 3.05) is 25.0 Å². The number of likely N-dealkylation sites (tertiary alicyclic amines) is 1. The Morgan fingerprint density at radius 2 is 1.96 bits per heavy atom. The molecular formula is C20H27N5O. The zero-order valence-corrected chi connectivity index (χ0v) is 15.2. The second kappa shape index (κ2) is 7.99. The molecule has 1 N–H and O–H groups in total. The summed E-state index contributed by atoms with van der Waals surface area (Å²) >= 11 is 0. The molecule has 1 saturated heterocycles. The van der Waals surface area contributed by atoms with Crippen LogP contribution in [0, 0.1) is 0 Å². The van der Waals surface area contributed by atoms with Gasteiger partial charge in [-0.3, -0.25) is 9.69 Å². The van der Waals surface area contributed by atoms with E-state index in [0.717, 1.165) is 56.2 Å². The van der Waals surface area contributed by atoms with Crippen LogP contribution in [0.5, 0.6) is 0 Å². The summed E-state index contributed by atoms with van der Waals surface area (Å²) in [4.78, 5) is 14.6. The Hall–Kier alpha value is -2.21. The van der Waals surface area contributed by atoms with Crippen molar-refractivity contribution in [2.45, 2.75) is 51.0 Å². The van der Waals surface area contributed by atoms with Gasteiger partial charge in [-0.1, -0.05) is 24.6 Å². The molecule has 6 nitrogen and oxygen atoms in total. The highest BCUT2D eigenvalue weighted by Crippen LogP contribution is 2.27. The Kier molecular flexibility index (Phi) is 5.29. The minimum absolute atomic E-state index is 0.0527. The standard InChI is InChI=1S/C20H27N5O/c26-19(21-17-9-3-1-4-10-17)15-24-12-7-8-16(14-24)20-23-22-18-11-5-2-6-13-25(18)20/h1,3-4,9-10,16H,2,5-8,11-15H2,(H,21,26). The highest BCUT2D eigenvalue weighted by molar-refractivity contribution is 5.92. The average molecular weight is 353 g/mol. The first-order valence-corrected chi connectivity index (χ1v) is 9.79. The maximum Gasteiger partial charge on any atom is 0.238 e. The van der Waals surface area contributed by atoms with Gasteiger partial charge in [0.25, 0.3) is 0 Å². The number of anilines is 1. The summed E-state index contributed by atoms with van der Waals surface area (Å²) in [6.07, 6.45) is 6.99. The second-order valence-electron chi connectivity index (χ2n) is 7.43. The van der Waals surface area contributed by atoms with Gasteiger partial charge in [-0.2, -0.15) is 0 Å². The van der Waals surface area contributed by atoms with Gasteiger partial charge in [-0.05, 0) is 44.4 Å². The third-order valence-corrected chi connectivity index (χ3v) is 5.43. The van der Waals surface area contributed by atoms with Crippen LogP contribution < -0.4 is 5.32 Å². The fourth-order valence-electron chi connectivity index (χ4n) is 4.14. The van der Waals surface area contributed by atoms with E-state index in [1.54, 1.807) is 0 Å². The monoisotopic (exact) mass is 353 g/mol. The van der Waals surface area contributed by atoms with Gasteiger partial charge in [0, 0.05) is 31.1 Å². The Morgan fingerprint density at radius 3 is 2.85 bits per heavy atom. The van der Waals surface area contributed by atoms with Crippen LogP contribution in [-0.2, 0) is 17.8 Å². The number of nitrogens with one attached hydrogen (secondary N) is 1. The molecule has 1 aromatic heterocycles. The average Bonchev–Trinajstić information content (AvgIpc) is 2.91. The lowest BCUT2D eigenvalue weighted by atomic mass is 9.97. The fraction of sp³-hybridized carbons (Fsp3) is 0.550. The normalized spacial score (nSPS) is 21.0. The zero-order valence-electron chi connectivity index (χ0n) is 15.2. The van der Waals surface area contributed by atoms with Gasteiger partial charge < -0.3 is 9.88 Å². The molecular weight excluding hydrogens is 326 g/mol. The third-order valence-electron chi connectivity index (χ3n) is 5.43. The van der Waals surface area contributed by atoms with Crippen LogP contribution >= 0.6 is 0 Å². The van der Waals surface area contributed by atoms with Gasteiger partial charge >= 0.3 is 0 Å². The van der Waals surface area contributed by atoms with E-state index in [1.807, 2.05) is 30.3 Å². The van der Waals surface area contributed by atoms with Crippen molar-refractivity contribution in [3.63, 3.8) is 0 Å². The van der Waals surface area contributed by atoms with Crippen LogP contribution in [-0.4, -0.2) is 45.2 Å². The minimum atomic E-state index is 0.0527.